The number of hydrogen-bond acceptors (Lipinski definition) is 2. The number of hydrogen-bond donors (Lipinski definition) is 0. The monoisotopic (exact) mass is 277 g/mol. The molecule has 0 saturated carbocycles. The van der Waals surface area contributed by atoms with E-state index in [0.29, 0.717) is 6.61 Å². The van der Waals surface area contributed by atoms with Gasteiger partial charge in [-0.05, 0) is 42.0 Å². The molecular weight excluding hydrogens is 258 g/mol. The Kier molecular flexibility index (Phi) is 3.66. The van der Waals surface area contributed by atoms with Gasteiger partial charge in [0.15, 0.2) is 0 Å². The van der Waals surface area contributed by atoms with Gasteiger partial charge in [-0.3, -0.25) is 0 Å². The molecule has 3 rings (SSSR count). The van der Waals surface area contributed by atoms with E-state index in [2.05, 4.69) is 43.3 Å². The van der Waals surface area contributed by atoms with Gasteiger partial charge in [0, 0.05) is 0 Å². The van der Waals surface area contributed by atoms with Crippen molar-refractivity contribution in [1.29, 1.82) is 5.26 Å². The number of rotatable bonds is 3. The van der Waals surface area contributed by atoms with Crippen LogP contribution in [0.5, 0.6) is 5.75 Å². The number of para-hydroxylation sites is 1. The third kappa shape index (κ3) is 2.78. The van der Waals surface area contributed by atoms with Crippen LogP contribution in [-0.2, 0) is 19.3 Å². The Balaban J connectivity index is 1.83. The minimum absolute atomic E-state index is 0.456. The number of nitrogens with zero attached hydrogens (tertiary/aromatic N) is 1. The van der Waals surface area contributed by atoms with Crippen LogP contribution in [0.2, 0.25) is 0 Å². The summed E-state index contributed by atoms with van der Waals surface area (Å²) in [6.07, 6.45) is 2.54. The third-order valence-corrected chi connectivity index (χ3v) is 4.22. The molecule has 1 heterocycles. The van der Waals surface area contributed by atoms with Crippen molar-refractivity contribution in [3.63, 3.8) is 0 Å². The molecule has 0 spiro atoms. The highest BCUT2D eigenvalue weighted by Crippen LogP contribution is 2.36. The number of aryl methyl sites for hydroxylation is 1. The lowest BCUT2D eigenvalue weighted by Crippen LogP contribution is -2.35. The van der Waals surface area contributed by atoms with Gasteiger partial charge in [0.25, 0.3) is 0 Å². The van der Waals surface area contributed by atoms with Crippen molar-refractivity contribution in [1.82, 2.24) is 0 Å². The zero-order valence-corrected chi connectivity index (χ0v) is 12.3. The van der Waals surface area contributed by atoms with Crippen LogP contribution in [-0.4, -0.2) is 6.61 Å². The predicted molar refractivity (Wildman–Crippen MR) is 83.2 cm³/mol. The zero-order chi connectivity index (χ0) is 14.7. The van der Waals surface area contributed by atoms with E-state index in [4.69, 9.17) is 4.74 Å². The van der Waals surface area contributed by atoms with Crippen LogP contribution in [0.3, 0.4) is 0 Å². The predicted octanol–water partition coefficient (Wildman–Crippen LogP) is 3.94. The fourth-order valence-electron chi connectivity index (χ4n) is 2.93. The van der Waals surface area contributed by atoms with Crippen molar-refractivity contribution in [2.75, 3.05) is 6.61 Å². The lowest BCUT2D eigenvalue weighted by Gasteiger charge is -2.32. The summed E-state index contributed by atoms with van der Waals surface area (Å²) in [6.45, 7) is 2.62. The van der Waals surface area contributed by atoms with Crippen molar-refractivity contribution in [3.8, 4) is 11.8 Å². The summed E-state index contributed by atoms with van der Waals surface area (Å²) in [5.41, 5.74) is 3.21. The van der Waals surface area contributed by atoms with Crippen molar-refractivity contribution < 1.29 is 4.74 Å². The molecule has 1 atom stereocenters. The molecule has 2 nitrogen and oxygen atoms in total. The van der Waals surface area contributed by atoms with Crippen LogP contribution >= 0.6 is 0 Å². The smallest absolute Gasteiger partial charge is 0.122 e. The SMILES string of the molecule is CCc1ccc(CC2(C#N)COc3ccccc3C2)cc1. The molecule has 2 aromatic carbocycles. The Morgan fingerprint density at radius 3 is 2.52 bits per heavy atom. The van der Waals surface area contributed by atoms with Crippen LogP contribution in [0, 0.1) is 16.7 Å². The number of nitriles is 1. The summed E-state index contributed by atoms with van der Waals surface area (Å²) in [6, 6.07) is 19.1. The van der Waals surface area contributed by atoms with E-state index in [9.17, 15) is 5.26 Å². The summed E-state index contributed by atoms with van der Waals surface area (Å²) in [7, 11) is 0. The number of benzene rings is 2. The average molecular weight is 277 g/mol. The highest BCUT2D eigenvalue weighted by atomic mass is 16.5. The number of ether oxygens (including phenoxy) is 1. The quantitative estimate of drug-likeness (QED) is 0.851. The lowest BCUT2D eigenvalue weighted by molar-refractivity contribution is 0.169. The van der Waals surface area contributed by atoms with Gasteiger partial charge in [-0.15, -0.1) is 0 Å². The van der Waals surface area contributed by atoms with Gasteiger partial charge < -0.3 is 4.74 Å². The van der Waals surface area contributed by atoms with Crippen molar-refractivity contribution in [2.45, 2.75) is 26.2 Å². The summed E-state index contributed by atoms with van der Waals surface area (Å²) in [5.74, 6) is 0.921. The van der Waals surface area contributed by atoms with Gasteiger partial charge in [-0.1, -0.05) is 49.4 Å². The first-order valence-electron chi connectivity index (χ1n) is 7.44. The van der Waals surface area contributed by atoms with E-state index in [1.165, 1.54) is 11.1 Å². The third-order valence-electron chi connectivity index (χ3n) is 4.22. The van der Waals surface area contributed by atoms with E-state index in [-0.39, 0.29) is 0 Å². The van der Waals surface area contributed by atoms with E-state index in [1.54, 1.807) is 0 Å². The maximum absolute atomic E-state index is 9.70. The molecule has 1 unspecified atom stereocenters. The fraction of sp³-hybridized carbons (Fsp3) is 0.316. The maximum atomic E-state index is 9.70. The van der Waals surface area contributed by atoms with Gasteiger partial charge >= 0.3 is 0 Å². The molecule has 106 valence electrons. The highest BCUT2D eigenvalue weighted by molar-refractivity contribution is 5.38. The van der Waals surface area contributed by atoms with Gasteiger partial charge in [0.2, 0.25) is 0 Å². The van der Waals surface area contributed by atoms with E-state index in [0.717, 1.165) is 30.6 Å². The van der Waals surface area contributed by atoms with Crippen molar-refractivity contribution in [2.24, 2.45) is 5.41 Å². The molecule has 0 amide bonds. The number of fused-ring (bicyclic) bond motifs is 1. The van der Waals surface area contributed by atoms with Crippen LogP contribution in [0.25, 0.3) is 0 Å². The Hall–Kier alpha value is -2.27. The molecule has 0 saturated heterocycles. The second-order valence-corrected chi connectivity index (χ2v) is 5.81. The average Bonchev–Trinajstić information content (AvgIpc) is 2.55. The summed E-state index contributed by atoms with van der Waals surface area (Å²) in [4.78, 5) is 0. The Morgan fingerprint density at radius 1 is 1.10 bits per heavy atom. The van der Waals surface area contributed by atoms with Crippen LogP contribution in [0.4, 0.5) is 0 Å². The normalized spacial score (nSPS) is 20.2. The van der Waals surface area contributed by atoms with Crippen LogP contribution < -0.4 is 4.74 Å². The Labute approximate surface area is 126 Å². The maximum Gasteiger partial charge on any atom is 0.122 e. The standard InChI is InChI=1S/C19H19NO/c1-2-15-7-9-16(10-8-15)11-19(13-20)12-17-5-3-4-6-18(17)21-14-19/h3-10H,2,11-12,14H2,1H3. The van der Waals surface area contributed by atoms with Gasteiger partial charge in [-0.2, -0.15) is 5.26 Å². The fourth-order valence-corrected chi connectivity index (χ4v) is 2.93. The summed E-state index contributed by atoms with van der Waals surface area (Å²) in [5, 5.41) is 9.70. The molecule has 0 aliphatic carbocycles. The minimum atomic E-state index is -0.456. The topological polar surface area (TPSA) is 33.0 Å². The van der Waals surface area contributed by atoms with E-state index >= 15 is 0 Å². The molecule has 1 aliphatic heterocycles. The Bertz CT molecular complexity index is 669. The second-order valence-electron chi connectivity index (χ2n) is 5.81. The van der Waals surface area contributed by atoms with Gasteiger partial charge in [-0.25, -0.2) is 0 Å². The van der Waals surface area contributed by atoms with Crippen LogP contribution in [0.15, 0.2) is 48.5 Å². The zero-order valence-electron chi connectivity index (χ0n) is 12.3. The highest BCUT2D eigenvalue weighted by Gasteiger charge is 2.36. The summed E-state index contributed by atoms with van der Waals surface area (Å²) < 4.78 is 5.82. The first-order chi connectivity index (χ1) is 10.2. The second kappa shape index (κ2) is 5.61. The Morgan fingerprint density at radius 2 is 1.81 bits per heavy atom. The molecule has 0 aromatic heterocycles. The first-order valence-corrected chi connectivity index (χ1v) is 7.44. The van der Waals surface area contributed by atoms with Crippen molar-refractivity contribution >= 4 is 0 Å². The van der Waals surface area contributed by atoms with Crippen molar-refractivity contribution in [3.05, 3.63) is 65.2 Å². The summed E-state index contributed by atoms with van der Waals surface area (Å²) >= 11 is 0. The first kappa shape index (κ1) is 13.7. The molecule has 0 N–H and O–H groups in total. The molecule has 21 heavy (non-hydrogen) atoms. The minimum Gasteiger partial charge on any atom is -0.492 e. The lowest BCUT2D eigenvalue weighted by atomic mass is 9.77. The largest absolute Gasteiger partial charge is 0.492 e. The molecular formula is C19H19NO. The van der Waals surface area contributed by atoms with Gasteiger partial charge in [0.1, 0.15) is 12.4 Å². The molecule has 1 aliphatic rings. The molecule has 0 fully saturated rings. The van der Waals surface area contributed by atoms with Crippen LogP contribution in [0.1, 0.15) is 23.6 Å². The van der Waals surface area contributed by atoms with Gasteiger partial charge in [0.05, 0.1) is 11.5 Å². The van der Waals surface area contributed by atoms with E-state index in [1.807, 2.05) is 18.2 Å². The molecule has 2 heteroatoms. The van der Waals surface area contributed by atoms with E-state index < -0.39 is 5.41 Å². The molecule has 0 radical (unpaired) electrons. The molecule has 2 aromatic rings. The molecule has 0 bridgehead atoms.